The fourth-order valence-electron chi connectivity index (χ4n) is 1.91. The van der Waals surface area contributed by atoms with Crippen molar-refractivity contribution < 1.29 is 22.4 Å². The molecule has 1 aromatic rings. The molecule has 1 aliphatic carbocycles. The summed E-state index contributed by atoms with van der Waals surface area (Å²) < 4.78 is 50.5. The number of nitrogens with one attached hydrogen (secondary N) is 1. The minimum absolute atomic E-state index is 0.0853. The Hall–Kier alpha value is -1.63. The van der Waals surface area contributed by atoms with Crippen molar-refractivity contribution in [2.45, 2.75) is 25.1 Å². The summed E-state index contributed by atoms with van der Waals surface area (Å²) in [6.07, 6.45) is -3.46. The maximum absolute atomic E-state index is 13.0. The number of nitrogens with two attached hydrogens (primary N) is 1. The van der Waals surface area contributed by atoms with E-state index in [1.165, 1.54) is 0 Å². The van der Waals surface area contributed by atoms with Crippen LogP contribution in [-0.4, -0.2) is 11.9 Å². The van der Waals surface area contributed by atoms with Crippen LogP contribution >= 0.6 is 0 Å². The zero-order valence-corrected chi connectivity index (χ0v) is 9.80. The molecule has 1 amide bonds. The Labute approximate surface area is 106 Å². The Morgan fingerprint density at radius 1 is 1.32 bits per heavy atom. The Morgan fingerprint density at radius 2 is 2.00 bits per heavy atom. The van der Waals surface area contributed by atoms with Crippen LogP contribution in [0.3, 0.4) is 0 Å². The van der Waals surface area contributed by atoms with Crippen molar-refractivity contribution in [2.75, 3.05) is 5.32 Å². The summed E-state index contributed by atoms with van der Waals surface area (Å²) in [5.41, 5.74) is 4.11. The van der Waals surface area contributed by atoms with Crippen LogP contribution in [0.5, 0.6) is 0 Å². The summed E-state index contributed by atoms with van der Waals surface area (Å²) in [7, 11) is 0. The molecule has 7 heteroatoms. The monoisotopic (exact) mass is 276 g/mol. The van der Waals surface area contributed by atoms with Gasteiger partial charge in [-0.3, -0.25) is 4.79 Å². The second-order valence-electron chi connectivity index (χ2n) is 4.53. The van der Waals surface area contributed by atoms with Crippen LogP contribution in [-0.2, 0) is 11.0 Å². The highest BCUT2D eigenvalue weighted by Gasteiger charge is 2.36. The van der Waals surface area contributed by atoms with E-state index in [-0.39, 0.29) is 17.6 Å². The second kappa shape index (κ2) is 4.80. The zero-order valence-electron chi connectivity index (χ0n) is 9.80. The number of benzene rings is 1. The van der Waals surface area contributed by atoms with Crippen molar-refractivity contribution in [3.8, 4) is 0 Å². The quantitative estimate of drug-likeness (QED) is 0.815. The summed E-state index contributed by atoms with van der Waals surface area (Å²) in [4.78, 5) is 11.7. The smallest absolute Gasteiger partial charge is 0.327 e. The van der Waals surface area contributed by atoms with Crippen molar-refractivity contribution >= 4 is 11.6 Å². The van der Waals surface area contributed by atoms with Crippen LogP contribution in [0.2, 0.25) is 0 Å². The van der Waals surface area contributed by atoms with Gasteiger partial charge in [0.2, 0.25) is 5.91 Å². The Balaban J connectivity index is 2.15. The van der Waals surface area contributed by atoms with Crippen molar-refractivity contribution in [3.05, 3.63) is 29.6 Å². The van der Waals surface area contributed by atoms with Gasteiger partial charge in [0.15, 0.2) is 0 Å². The van der Waals surface area contributed by atoms with Gasteiger partial charge in [-0.2, -0.15) is 13.2 Å². The van der Waals surface area contributed by atoms with Gasteiger partial charge in [0, 0.05) is 11.7 Å². The van der Waals surface area contributed by atoms with Crippen molar-refractivity contribution in [1.82, 2.24) is 0 Å². The summed E-state index contributed by atoms with van der Waals surface area (Å²) in [6, 6.07) is 2.09. The normalized spacial score (nSPS) is 22.8. The molecule has 3 nitrogen and oxygen atoms in total. The number of anilines is 1. The molecule has 1 saturated carbocycles. The lowest BCUT2D eigenvalue weighted by Gasteiger charge is -2.32. The molecule has 19 heavy (non-hydrogen) atoms. The highest BCUT2D eigenvalue weighted by molar-refractivity contribution is 5.93. The predicted molar refractivity (Wildman–Crippen MR) is 60.7 cm³/mol. The molecule has 2 atom stereocenters. The van der Waals surface area contributed by atoms with Gasteiger partial charge in [0.25, 0.3) is 0 Å². The fraction of sp³-hybridized carbons (Fsp3) is 0.417. The van der Waals surface area contributed by atoms with Gasteiger partial charge in [0.1, 0.15) is 5.82 Å². The zero-order chi connectivity index (χ0) is 14.2. The third-order valence-electron chi connectivity index (χ3n) is 3.20. The third-order valence-corrected chi connectivity index (χ3v) is 3.20. The number of carbonyl (C=O) groups is 1. The van der Waals surface area contributed by atoms with E-state index in [1.807, 2.05) is 0 Å². The SMILES string of the molecule is N[C@@H]1CC[C@@H]1C(=O)Nc1ccc(F)c(C(F)(F)F)c1. The third kappa shape index (κ3) is 2.86. The average Bonchev–Trinajstić information content (AvgIpc) is 2.28. The molecule has 0 spiro atoms. The lowest BCUT2D eigenvalue weighted by molar-refractivity contribution is -0.140. The standard InChI is InChI=1S/C12H12F4N2O/c13-9-3-1-6(5-8(9)12(14,15)16)18-11(19)7-2-4-10(7)17/h1,3,5,7,10H,2,4,17H2,(H,18,19)/t7-,10+/m0/s1. The van der Waals surface area contributed by atoms with Gasteiger partial charge >= 0.3 is 6.18 Å². The van der Waals surface area contributed by atoms with Crippen molar-refractivity contribution in [1.29, 1.82) is 0 Å². The van der Waals surface area contributed by atoms with Crippen LogP contribution in [0.25, 0.3) is 0 Å². The minimum Gasteiger partial charge on any atom is -0.327 e. The molecule has 0 unspecified atom stereocenters. The second-order valence-corrected chi connectivity index (χ2v) is 4.53. The topological polar surface area (TPSA) is 55.1 Å². The minimum atomic E-state index is -4.79. The molecule has 0 bridgehead atoms. The Bertz CT molecular complexity index is 501. The number of alkyl halides is 3. The molecule has 1 aliphatic rings. The first kappa shape index (κ1) is 13.8. The van der Waals surface area contributed by atoms with Gasteiger partial charge in [-0.15, -0.1) is 0 Å². The van der Waals surface area contributed by atoms with E-state index in [2.05, 4.69) is 5.32 Å². The predicted octanol–water partition coefficient (Wildman–Crippen LogP) is 2.52. The van der Waals surface area contributed by atoms with Crippen molar-refractivity contribution in [3.63, 3.8) is 0 Å². The molecule has 0 aliphatic heterocycles. The molecule has 0 aromatic heterocycles. The number of amides is 1. The molecule has 2 rings (SSSR count). The molecule has 1 aromatic carbocycles. The number of hydrogen-bond acceptors (Lipinski definition) is 2. The van der Waals surface area contributed by atoms with E-state index in [1.54, 1.807) is 0 Å². The van der Waals surface area contributed by atoms with E-state index < -0.39 is 23.5 Å². The first-order valence-electron chi connectivity index (χ1n) is 5.72. The molecule has 1 fully saturated rings. The lowest BCUT2D eigenvalue weighted by Crippen LogP contribution is -2.46. The summed E-state index contributed by atoms with van der Waals surface area (Å²) >= 11 is 0. The highest BCUT2D eigenvalue weighted by Crippen LogP contribution is 2.33. The number of halogens is 4. The van der Waals surface area contributed by atoms with E-state index in [0.717, 1.165) is 12.5 Å². The molecular weight excluding hydrogens is 264 g/mol. The molecule has 3 N–H and O–H groups in total. The molecule has 0 saturated heterocycles. The molecular formula is C12H12F4N2O. The Kier molecular flexibility index (Phi) is 3.49. The molecule has 104 valence electrons. The number of carbonyl (C=O) groups excluding carboxylic acids is 1. The van der Waals surface area contributed by atoms with Gasteiger partial charge in [0.05, 0.1) is 11.5 Å². The maximum Gasteiger partial charge on any atom is 0.419 e. The van der Waals surface area contributed by atoms with E-state index >= 15 is 0 Å². The van der Waals surface area contributed by atoms with Gasteiger partial charge < -0.3 is 11.1 Å². The Morgan fingerprint density at radius 3 is 2.47 bits per heavy atom. The maximum atomic E-state index is 13.0. The van der Waals surface area contributed by atoms with Gasteiger partial charge in [-0.1, -0.05) is 0 Å². The first-order chi connectivity index (χ1) is 8.79. The highest BCUT2D eigenvalue weighted by atomic mass is 19.4. The van der Waals surface area contributed by atoms with Crippen LogP contribution in [0.15, 0.2) is 18.2 Å². The summed E-state index contributed by atoms with van der Waals surface area (Å²) in [5.74, 6) is -2.19. The first-order valence-corrected chi connectivity index (χ1v) is 5.72. The van der Waals surface area contributed by atoms with Crippen molar-refractivity contribution in [2.24, 2.45) is 11.7 Å². The van der Waals surface area contributed by atoms with Gasteiger partial charge in [-0.25, -0.2) is 4.39 Å². The average molecular weight is 276 g/mol. The van der Waals surface area contributed by atoms with Crippen LogP contribution in [0.1, 0.15) is 18.4 Å². The largest absolute Gasteiger partial charge is 0.419 e. The van der Waals surface area contributed by atoms with E-state index in [9.17, 15) is 22.4 Å². The van der Waals surface area contributed by atoms with Crippen LogP contribution < -0.4 is 11.1 Å². The number of hydrogen-bond donors (Lipinski definition) is 2. The molecule has 0 radical (unpaired) electrons. The van der Waals surface area contributed by atoms with E-state index in [0.29, 0.717) is 18.6 Å². The lowest BCUT2D eigenvalue weighted by atomic mass is 9.79. The van der Waals surface area contributed by atoms with E-state index in [4.69, 9.17) is 5.73 Å². The molecule has 0 heterocycles. The van der Waals surface area contributed by atoms with Crippen LogP contribution in [0.4, 0.5) is 23.2 Å². The fourth-order valence-corrected chi connectivity index (χ4v) is 1.91. The summed E-state index contributed by atoms with van der Waals surface area (Å²) in [5, 5.41) is 2.33. The summed E-state index contributed by atoms with van der Waals surface area (Å²) in [6.45, 7) is 0. The van der Waals surface area contributed by atoms with Crippen LogP contribution in [0, 0.1) is 11.7 Å². The van der Waals surface area contributed by atoms with Gasteiger partial charge in [-0.05, 0) is 31.0 Å². The number of rotatable bonds is 2.